The van der Waals surface area contributed by atoms with Gasteiger partial charge in [-0.2, -0.15) is 0 Å². The number of carbonyl (C=O) groups is 1. The molecule has 0 spiro atoms. The topological polar surface area (TPSA) is 101 Å². The fraction of sp³-hybridized carbons (Fsp3) is 0.346. The maximum atomic E-state index is 12.5. The molecule has 0 radical (unpaired) electrons. The van der Waals surface area contributed by atoms with Gasteiger partial charge in [-0.25, -0.2) is 4.98 Å². The first kappa shape index (κ1) is 24.5. The molecule has 3 heterocycles. The van der Waals surface area contributed by atoms with Gasteiger partial charge in [0.05, 0.1) is 18.3 Å². The minimum Gasteiger partial charge on any atom is -0.457 e. The number of rotatable bonds is 7. The van der Waals surface area contributed by atoms with Crippen LogP contribution in [-0.4, -0.2) is 34.9 Å². The second kappa shape index (κ2) is 10.3. The Morgan fingerprint density at radius 3 is 2.89 bits per heavy atom. The van der Waals surface area contributed by atoms with Crippen molar-refractivity contribution in [3.8, 4) is 23.8 Å². The van der Waals surface area contributed by atoms with E-state index in [0.717, 1.165) is 40.6 Å². The molecule has 0 bridgehead atoms. The molecule has 0 saturated heterocycles. The Bertz CT molecular complexity index is 1260. The standard InChI is InChI=1S/C26H29N5O3S/c1-6-16-7-9-18-20(11-12-27-25(18)29-16)33-17-8-10-19(21(13-17)35-5)30-24(32)15-28-23-14-22(34-31-23)26(2,3)4/h1,8,10-14,16H,7,9,15H2,2-5H3,(H,27,29)(H,28,31)(H,30,32). The van der Waals surface area contributed by atoms with Crippen molar-refractivity contribution >= 4 is 35.0 Å². The summed E-state index contributed by atoms with van der Waals surface area (Å²) in [6.07, 6.45) is 10.8. The van der Waals surface area contributed by atoms with Crippen molar-refractivity contribution in [1.82, 2.24) is 10.1 Å². The van der Waals surface area contributed by atoms with Crippen LogP contribution in [0.3, 0.4) is 0 Å². The normalized spacial score (nSPS) is 14.9. The monoisotopic (exact) mass is 491 g/mol. The number of nitrogens with zero attached hydrogens (tertiary/aromatic N) is 2. The lowest BCUT2D eigenvalue weighted by Gasteiger charge is -2.24. The van der Waals surface area contributed by atoms with E-state index in [4.69, 9.17) is 15.7 Å². The Hall–Kier alpha value is -3.64. The van der Waals surface area contributed by atoms with E-state index in [0.29, 0.717) is 17.3 Å². The lowest BCUT2D eigenvalue weighted by Crippen LogP contribution is -2.24. The number of hydrogen-bond donors (Lipinski definition) is 3. The first-order valence-electron chi connectivity index (χ1n) is 11.3. The third-order valence-corrected chi connectivity index (χ3v) is 6.34. The highest BCUT2D eigenvalue weighted by molar-refractivity contribution is 7.98. The van der Waals surface area contributed by atoms with Crippen molar-refractivity contribution < 1.29 is 14.1 Å². The number of aromatic nitrogens is 2. The Labute approximate surface area is 209 Å². The molecule has 182 valence electrons. The lowest BCUT2D eigenvalue weighted by atomic mass is 9.93. The van der Waals surface area contributed by atoms with Crippen molar-refractivity contribution in [3.63, 3.8) is 0 Å². The minimum atomic E-state index is -0.188. The molecule has 35 heavy (non-hydrogen) atoms. The van der Waals surface area contributed by atoms with Crippen LogP contribution in [0.1, 0.15) is 38.5 Å². The molecular formula is C26H29N5O3S. The second-order valence-corrected chi connectivity index (χ2v) is 10.1. The molecule has 9 heteroatoms. The van der Waals surface area contributed by atoms with Crippen molar-refractivity contribution in [2.45, 2.75) is 50.0 Å². The minimum absolute atomic E-state index is 0.0180. The Morgan fingerprint density at radius 1 is 1.34 bits per heavy atom. The summed E-state index contributed by atoms with van der Waals surface area (Å²) in [6.45, 7) is 6.18. The molecule has 1 aliphatic rings. The Morgan fingerprint density at radius 2 is 2.17 bits per heavy atom. The van der Waals surface area contributed by atoms with Crippen LogP contribution in [0, 0.1) is 12.3 Å². The number of carbonyl (C=O) groups excluding carboxylic acids is 1. The van der Waals surface area contributed by atoms with Crippen LogP contribution in [0.4, 0.5) is 17.3 Å². The summed E-state index contributed by atoms with van der Waals surface area (Å²) < 4.78 is 11.5. The van der Waals surface area contributed by atoms with Gasteiger partial charge in [0.25, 0.3) is 0 Å². The van der Waals surface area contributed by atoms with Gasteiger partial charge in [0.15, 0.2) is 5.82 Å². The SMILES string of the molecule is C#CC1CCc2c(Oc3ccc(NC(=O)CNc4cc(C(C)(C)C)on4)c(SC)c3)ccnc2N1. The third-order valence-electron chi connectivity index (χ3n) is 5.56. The molecule has 1 unspecified atom stereocenters. The third kappa shape index (κ3) is 5.89. The lowest BCUT2D eigenvalue weighted by molar-refractivity contribution is -0.114. The number of pyridine rings is 1. The maximum absolute atomic E-state index is 12.5. The summed E-state index contributed by atoms with van der Waals surface area (Å²) >= 11 is 1.53. The molecular weight excluding hydrogens is 462 g/mol. The highest BCUT2D eigenvalue weighted by Gasteiger charge is 2.22. The van der Waals surface area contributed by atoms with Gasteiger partial charge >= 0.3 is 0 Å². The van der Waals surface area contributed by atoms with Gasteiger partial charge in [-0.05, 0) is 43.4 Å². The van der Waals surface area contributed by atoms with Gasteiger partial charge in [-0.3, -0.25) is 4.79 Å². The van der Waals surface area contributed by atoms with Crippen molar-refractivity contribution in [1.29, 1.82) is 0 Å². The predicted octanol–water partition coefficient (Wildman–Crippen LogP) is 5.29. The van der Waals surface area contributed by atoms with E-state index in [1.165, 1.54) is 11.8 Å². The number of benzene rings is 1. The number of nitrogens with one attached hydrogen (secondary N) is 3. The van der Waals surface area contributed by atoms with Crippen LogP contribution in [-0.2, 0) is 16.6 Å². The highest BCUT2D eigenvalue weighted by Crippen LogP contribution is 2.36. The number of fused-ring (bicyclic) bond motifs is 1. The van der Waals surface area contributed by atoms with Gasteiger partial charge in [-0.1, -0.05) is 31.8 Å². The molecule has 1 aromatic carbocycles. The molecule has 3 aromatic rings. The largest absolute Gasteiger partial charge is 0.457 e. The zero-order chi connectivity index (χ0) is 25.0. The number of ether oxygens (including phenoxy) is 1. The van der Waals surface area contributed by atoms with E-state index in [1.54, 1.807) is 6.20 Å². The number of hydrogen-bond acceptors (Lipinski definition) is 8. The van der Waals surface area contributed by atoms with Gasteiger partial charge in [0, 0.05) is 28.1 Å². The summed E-state index contributed by atoms with van der Waals surface area (Å²) in [5, 5.41) is 13.2. The van der Waals surface area contributed by atoms with Crippen LogP contribution in [0.25, 0.3) is 0 Å². The first-order valence-corrected chi connectivity index (χ1v) is 12.6. The predicted molar refractivity (Wildman–Crippen MR) is 139 cm³/mol. The van der Waals surface area contributed by atoms with E-state index >= 15 is 0 Å². The summed E-state index contributed by atoms with van der Waals surface area (Å²) in [4.78, 5) is 17.8. The van der Waals surface area contributed by atoms with Crippen molar-refractivity contribution in [2.24, 2.45) is 0 Å². The van der Waals surface area contributed by atoms with Crippen LogP contribution in [0.15, 0.2) is 45.9 Å². The fourth-order valence-electron chi connectivity index (χ4n) is 3.63. The zero-order valence-electron chi connectivity index (χ0n) is 20.3. The van der Waals surface area contributed by atoms with Crippen molar-refractivity contribution in [2.75, 3.05) is 28.8 Å². The van der Waals surface area contributed by atoms with E-state index < -0.39 is 0 Å². The Kier molecular flexibility index (Phi) is 7.22. The average Bonchev–Trinajstić information content (AvgIpc) is 3.33. The van der Waals surface area contributed by atoms with Gasteiger partial charge in [0.1, 0.15) is 23.1 Å². The summed E-state index contributed by atoms with van der Waals surface area (Å²) in [6, 6.07) is 9.24. The fourth-order valence-corrected chi connectivity index (χ4v) is 4.20. The van der Waals surface area contributed by atoms with E-state index in [1.807, 2.05) is 57.4 Å². The van der Waals surface area contributed by atoms with E-state index in [9.17, 15) is 4.79 Å². The molecule has 0 aliphatic carbocycles. The van der Waals surface area contributed by atoms with Crippen LogP contribution in [0.5, 0.6) is 11.5 Å². The summed E-state index contributed by atoms with van der Waals surface area (Å²) in [5.74, 6) is 6.01. The number of anilines is 3. The first-order chi connectivity index (χ1) is 16.8. The van der Waals surface area contributed by atoms with E-state index in [2.05, 4.69) is 32.0 Å². The summed E-state index contributed by atoms with van der Waals surface area (Å²) in [7, 11) is 0. The molecule has 0 saturated carbocycles. The van der Waals surface area contributed by atoms with Gasteiger partial charge in [0.2, 0.25) is 5.91 Å². The van der Waals surface area contributed by atoms with Crippen molar-refractivity contribution in [3.05, 3.63) is 47.9 Å². The number of terminal acetylenes is 1. The maximum Gasteiger partial charge on any atom is 0.243 e. The molecule has 1 amide bonds. The molecule has 3 N–H and O–H groups in total. The quantitative estimate of drug-likeness (QED) is 0.303. The molecule has 0 fully saturated rings. The van der Waals surface area contributed by atoms with Gasteiger partial charge in [-0.15, -0.1) is 18.2 Å². The molecule has 2 aromatic heterocycles. The molecule has 4 rings (SSSR count). The highest BCUT2D eigenvalue weighted by atomic mass is 32.2. The average molecular weight is 492 g/mol. The molecule has 1 atom stereocenters. The summed E-state index contributed by atoms with van der Waals surface area (Å²) in [5.41, 5.74) is 1.57. The Balaban J connectivity index is 1.40. The zero-order valence-corrected chi connectivity index (χ0v) is 21.1. The van der Waals surface area contributed by atoms with E-state index in [-0.39, 0.29) is 23.9 Å². The number of amides is 1. The smallest absolute Gasteiger partial charge is 0.243 e. The molecule has 1 aliphatic heterocycles. The van der Waals surface area contributed by atoms with Crippen LogP contribution < -0.4 is 20.7 Å². The molecule has 8 nitrogen and oxygen atoms in total. The number of thioether (sulfide) groups is 1. The van der Waals surface area contributed by atoms with Gasteiger partial charge < -0.3 is 25.2 Å². The second-order valence-electron chi connectivity index (χ2n) is 9.23. The van der Waals surface area contributed by atoms with Crippen LogP contribution >= 0.6 is 11.8 Å². The van der Waals surface area contributed by atoms with Crippen LogP contribution in [0.2, 0.25) is 0 Å².